The van der Waals surface area contributed by atoms with E-state index in [-0.39, 0.29) is 17.4 Å². The number of benzene rings is 2. The molecule has 1 N–H and O–H groups in total. The van der Waals surface area contributed by atoms with Gasteiger partial charge in [-0.25, -0.2) is 0 Å². The van der Waals surface area contributed by atoms with E-state index in [1.54, 1.807) is 7.11 Å². The quantitative estimate of drug-likeness (QED) is 0.856. The molecule has 0 aliphatic heterocycles. The second kappa shape index (κ2) is 7.73. The van der Waals surface area contributed by atoms with Gasteiger partial charge in [0.1, 0.15) is 5.75 Å². The first-order valence-corrected chi connectivity index (χ1v) is 8.74. The van der Waals surface area contributed by atoms with Crippen molar-refractivity contribution in [2.45, 2.75) is 52.5 Å². The van der Waals surface area contributed by atoms with Gasteiger partial charge in [-0.3, -0.25) is 4.79 Å². The molecule has 2 rings (SSSR count). The Morgan fingerprint density at radius 2 is 1.76 bits per heavy atom. The lowest BCUT2D eigenvalue weighted by molar-refractivity contribution is -0.121. The van der Waals surface area contributed by atoms with Crippen molar-refractivity contribution in [3.8, 4) is 5.75 Å². The van der Waals surface area contributed by atoms with E-state index in [4.69, 9.17) is 4.74 Å². The van der Waals surface area contributed by atoms with Crippen LogP contribution in [0, 0.1) is 6.92 Å². The summed E-state index contributed by atoms with van der Waals surface area (Å²) in [5.74, 6) is 0.869. The molecule has 0 heterocycles. The predicted molar refractivity (Wildman–Crippen MR) is 103 cm³/mol. The minimum Gasteiger partial charge on any atom is -0.496 e. The van der Waals surface area contributed by atoms with Gasteiger partial charge in [0, 0.05) is 0 Å². The summed E-state index contributed by atoms with van der Waals surface area (Å²) in [6.07, 6.45) is 0.370. The first kappa shape index (κ1) is 19.0. The number of carbonyl (C=O) groups excluding carboxylic acids is 1. The van der Waals surface area contributed by atoms with Gasteiger partial charge in [-0.1, -0.05) is 57.2 Å². The first-order chi connectivity index (χ1) is 11.7. The number of carbonyl (C=O) groups is 1. The van der Waals surface area contributed by atoms with Crippen LogP contribution < -0.4 is 10.1 Å². The van der Waals surface area contributed by atoms with Crippen LogP contribution in [0.4, 0.5) is 0 Å². The molecule has 2 aromatic rings. The summed E-state index contributed by atoms with van der Waals surface area (Å²) in [7, 11) is 1.65. The number of hydrogen-bond donors (Lipinski definition) is 1. The fourth-order valence-corrected chi connectivity index (χ4v) is 2.88. The van der Waals surface area contributed by atoms with Crippen LogP contribution in [0.3, 0.4) is 0 Å². The summed E-state index contributed by atoms with van der Waals surface area (Å²) < 4.78 is 5.26. The Kier molecular flexibility index (Phi) is 5.89. The lowest BCUT2D eigenvalue weighted by Gasteiger charge is -2.21. The van der Waals surface area contributed by atoms with E-state index in [1.807, 2.05) is 32.0 Å². The number of amides is 1. The average molecular weight is 339 g/mol. The molecular formula is C22H29NO2. The van der Waals surface area contributed by atoms with Crippen molar-refractivity contribution in [2.75, 3.05) is 7.11 Å². The van der Waals surface area contributed by atoms with Crippen molar-refractivity contribution < 1.29 is 9.53 Å². The van der Waals surface area contributed by atoms with Gasteiger partial charge in [0.2, 0.25) is 5.91 Å². The molecule has 0 aliphatic rings. The average Bonchev–Trinajstić information content (AvgIpc) is 2.54. The van der Waals surface area contributed by atoms with Gasteiger partial charge in [-0.15, -0.1) is 0 Å². The third-order valence-electron chi connectivity index (χ3n) is 4.48. The van der Waals surface area contributed by atoms with Crippen LogP contribution in [0.5, 0.6) is 5.75 Å². The predicted octanol–water partition coefficient (Wildman–Crippen LogP) is 4.72. The molecule has 1 atom stereocenters. The smallest absolute Gasteiger partial charge is 0.224 e. The topological polar surface area (TPSA) is 38.3 Å². The Balaban J connectivity index is 1.99. The monoisotopic (exact) mass is 339 g/mol. The van der Waals surface area contributed by atoms with Gasteiger partial charge in [-0.2, -0.15) is 0 Å². The SMILES string of the molecule is COc1ccc(CC(=O)N[C@H](C)c2ccc(C(C)(C)C)cc2)cc1C. The maximum atomic E-state index is 12.3. The maximum absolute atomic E-state index is 12.3. The maximum Gasteiger partial charge on any atom is 0.224 e. The zero-order valence-electron chi connectivity index (χ0n) is 16.1. The molecule has 134 valence electrons. The fraction of sp³-hybridized carbons (Fsp3) is 0.409. The fourth-order valence-electron chi connectivity index (χ4n) is 2.88. The molecular weight excluding hydrogens is 310 g/mol. The second-order valence-electron chi connectivity index (χ2n) is 7.64. The van der Waals surface area contributed by atoms with Crippen molar-refractivity contribution in [2.24, 2.45) is 0 Å². The zero-order chi connectivity index (χ0) is 18.6. The summed E-state index contributed by atoms with van der Waals surface area (Å²) in [6, 6.07) is 14.3. The molecule has 2 aromatic carbocycles. The first-order valence-electron chi connectivity index (χ1n) is 8.74. The number of rotatable bonds is 5. The van der Waals surface area contributed by atoms with E-state index in [9.17, 15) is 4.79 Å². The highest BCUT2D eigenvalue weighted by molar-refractivity contribution is 5.79. The largest absolute Gasteiger partial charge is 0.496 e. The van der Waals surface area contributed by atoms with Crippen molar-refractivity contribution in [3.63, 3.8) is 0 Å². The van der Waals surface area contributed by atoms with Gasteiger partial charge in [-0.05, 0) is 47.6 Å². The Morgan fingerprint density at radius 3 is 2.28 bits per heavy atom. The zero-order valence-corrected chi connectivity index (χ0v) is 16.1. The number of hydrogen-bond acceptors (Lipinski definition) is 2. The van der Waals surface area contributed by atoms with E-state index in [0.717, 1.165) is 22.4 Å². The highest BCUT2D eigenvalue weighted by Crippen LogP contribution is 2.24. The highest BCUT2D eigenvalue weighted by Gasteiger charge is 2.15. The van der Waals surface area contributed by atoms with Gasteiger partial charge < -0.3 is 10.1 Å². The van der Waals surface area contributed by atoms with Crippen molar-refractivity contribution in [3.05, 3.63) is 64.7 Å². The van der Waals surface area contributed by atoms with E-state index >= 15 is 0 Å². The number of methoxy groups -OCH3 is 1. The number of nitrogens with one attached hydrogen (secondary N) is 1. The number of ether oxygens (including phenoxy) is 1. The Morgan fingerprint density at radius 1 is 1.12 bits per heavy atom. The lowest BCUT2D eigenvalue weighted by atomic mass is 9.86. The van der Waals surface area contributed by atoms with Crippen LogP contribution >= 0.6 is 0 Å². The Bertz CT molecular complexity index is 727. The second-order valence-corrected chi connectivity index (χ2v) is 7.64. The molecule has 1 amide bonds. The summed E-state index contributed by atoms with van der Waals surface area (Å²) in [5, 5.41) is 3.08. The lowest BCUT2D eigenvalue weighted by Crippen LogP contribution is -2.28. The summed E-state index contributed by atoms with van der Waals surface area (Å²) in [4.78, 5) is 12.3. The molecule has 0 saturated heterocycles. The van der Waals surface area contributed by atoms with Gasteiger partial charge >= 0.3 is 0 Å². The minimum absolute atomic E-state index is 0.0131. The van der Waals surface area contributed by atoms with Crippen molar-refractivity contribution >= 4 is 5.91 Å². The van der Waals surface area contributed by atoms with Crippen molar-refractivity contribution in [1.82, 2.24) is 5.32 Å². The van der Waals surface area contributed by atoms with E-state index in [0.29, 0.717) is 6.42 Å². The van der Waals surface area contributed by atoms with Crippen LogP contribution in [-0.4, -0.2) is 13.0 Å². The van der Waals surface area contributed by atoms with Crippen LogP contribution in [0.2, 0.25) is 0 Å². The van der Waals surface area contributed by atoms with Crippen LogP contribution in [-0.2, 0) is 16.6 Å². The molecule has 0 spiro atoms. The molecule has 3 heteroatoms. The van der Waals surface area contributed by atoms with Gasteiger partial charge in [0.15, 0.2) is 0 Å². The number of aryl methyl sites for hydroxylation is 1. The molecule has 0 bridgehead atoms. The Hall–Kier alpha value is -2.29. The summed E-state index contributed by atoms with van der Waals surface area (Å²) >= 11 is 0. The van der Waals surface area contributed by atoms with Gasteiger partial charge in [0.05, 0.1) is 19.6 Å². The van der Waals surface area contributed by atoms with E-state index < -0.39 is 0 Å². The third kappa shape index (κ3) is 5.09. The summed E-state index contributed by atoms with van der Waals surface area (Å²) in [6.45, 7) is 10.6. The van der Waals surface area contributed by atoms with Crippen molar-refractivity contribution in [1.29, 1.82) is 0 Å². The highest BCUT2D eigenvalue weighted by atomic mass is 16.5. The third-order valence-corrected chi connectivity index (χ3v) is 4.48. The van der Waals surface area contributed by atoms with Crippen LogP contribution in [0.15, 0.2) is 42.5 Å². The van der Waals surface area contributed by atoms with Crippen LogP contribution in [0.1, 0.15) is 56.0 Å². The van der Waals surface area contributed by atoms with Crippen LogP contribution in [0.25, 0.3) is 0 Å². The minimum atomic E-state index is -0.0131. The normalized spacial score (nSPS) is 12.6. The molecule has 0 saturated carbocycles. The Labute approximate surface area is 151 Å². The molecule has 0 fully saturated rings. The molecule has 0 unspecified atom stereocenters. The molecule has 0 aromatic heterocycles. The molecule has 3 nitrogen and oxygen atoms in total. The molecule has 25 heavy (non-hydrogen) atoms. The van der Waals surface area contributed by atoms with Gasteiger partial charge in [0.25, 0.3) is 0 Å². The standard InChI is InChI=1S/C22H29NO2/c1-15-13-17(7-12-20(15)25-6)14-21(24)23-16(2)18-8-10-19(11-9-18)22(3,4)5/h7-13,16H,14H2,1-6H3,(H,23,24)/t16-/m1/s1. The van der Waals surface area contributed by atoms with E-state index in [2.05, 4.69) is 50.4 Å². The molecule has 0 radical (unpaired) electrons. The van der Waals surface area contributed by atoms with E-state index in [1.165, 1.54) is 5.56 Å². The molecule has 0 aliphatic carbocycles. The summed E-state index contributed by atoms with van der Waals surface area (Å²) in [5.41, 5.74) is 4.58.